The van der Waals surface area contributed by atoms with Crippen molar-refractivity contribution in [2.45, 2.75) is 46.6 Å². The first-order valence-corrected chi connectivity index (χ1v) is 7.70. The third-order valence-electron chi connectivity index (χ3n) is 3.79. The lowest BCUT2D eigenvalue weighted by molar-refractivity contribution is 0.180. The number of rotatable bonds is 5. The molecule has 19 heavy (non-hydrogen) atoms. The van der Waals surface area contributed by atoms with Gasteiger partial charge in [0, 0.05) is 13.1 Å². The van der Waals surface area contributed by atoms with Gasteiger partial charge in [-0.2, -0.15) is 5.10 Å². The highest BCUT2D eigenvalue weighted by Gasteiger charge is 2.31. The molecule has 1 N–H and O–H groups in total. The number of nitrogens with zero attached hydrogens (tertiary/aromatic N) is 2. The number of hydrogen-bond donors (Lipinski definition) is 1. The van der Waals surface area contributed by atoms with Gasteiger partial charge in [0.05, 0.1) is 11.9 Å². The standard InChI is InChI=1S/C14H22BrN3O/c1-10(2)8-18-13(19)12(15)11(7-17-18)16-9-14(3)5-4-6-14/h7,10,16H,4-6,8-9H2,1-3H3. The van der Waals surface area contributed by atoms with Crippen LogP contribution >= 0.6 is 15.9 Å². The Morgan fingerprint density at radius 2 is 2.21 bits per heavy atom. The predicted octanol–water partition coefficient (Wildman–Crippen LogP) is 3.26. The first-order chi connectivity index (χ1) is 8.91. The van der Waals surface area contributed by atoms with Crippen LogP contribution in [0, 0.1) is 11.3 Å². The molecule has 0 saturated heterocycles. The molecule has 1 aliphatic carbocycles. The van der Waals surface area contributed by atoms with Crippen molar-refractivity contribution in [2.24, 2.45) is 11.3 Å². The van der Waals surface area contributed by atoms with Gasteiger partial charge < -0.3 is 5.32 Å². The van der Waals surface area contributed by atoms with Gasteiger partial charge in [0.2, 0.25) is 0 Å². The topological polar surface area (TPSA) is 46.9 Å². The van der Waals surface area contributed by atoms with Crippen LogP contribution in [0.15, 0.2) is 15.5 Å². The van der Waals surface area contributed by atoms with E-state index in [4.69, 9.17) is 0 Å². The summed E-state index contributed by atoms with van der Waals surface area (Å²) in [6, 6.07) is 0. The van der Waals surface area contributed by atoms with Gasteiger partial charge in [0.1, 0.15) is 4.47 Å². The van der Waals surface area contributed by atoms with Crippen molar-refractivity contribution in [2.75, 3.05) is 11.9 Å². The summed E-state index contributed by atoms with van der Waals surface area (Å²) in [5.41, 5.74) is 1.13. The summed E-state index contributed by atoms with van der Waals surface area (Å²) < 4.78 is 2.11. The van der Waals surface area contributed by atoms with Crippen LogP contribution < -0.4 is 10.9 Å². The largest absolute Gasteiger partial charge is 0.382 e. The summed E-state index contributed by atoms with van der Waals surface area (Å²) in [7, 11) is 0. The Morgan fingerprint density at radius 3 is 2.74 bits per heavy atom. The van der Waals surface area contributed by atoms with Gasteiger partial charge in [-0.1, -0.05) is 27.2 Å². The molecule has 1 aromatic rings. The SMILES string of the molecule is CC(C)Cn1ncc(NCC2(C)CCC2)c(Br)c1=O. The summed E-state index contributed by atoms with van der Waals surface area (Å²) in [6.07, 6.45) is 5.58. The minimum absolute atomic E-state index is 0.0579. The maximum atomic E-state index is 12.1. The zero-order valence-electron chi connectivity index (χ0n) is 11.9. The Balaban J connectivity index is 2.10. The van der Waals surface area contributed by atoms with E-state index in [1.807, 2.05) is 0 Å². The lowest BCUT2D eigenvalue weighted by Crippen LogP contribution is -2.34. The number of halogens is 1. The van der Waals surface area contributed by atoms with Gasteiger partial charge in [-0.15, -0.1) is 0 Å². The van der Waals surface area contributed by atoms with Crippen molar-refractivity contribution in [3.05, 3.63) is 21.0 Å². The molecule has 0 amide bonds. The normalized spacial score (nSPS) is 17.3. The maximum absolute atomic E-state index is 12.1. The average Bonchev–Trinajstić information content (AvgIpc) is 2.31. The smallest absolute Gasteiger partial charge is 0.283 e. The molecule has 0 radical (unpaired) electrons. The first kappa shape index (κ1) is 14.6. The first-order valence-electron chi connectivity index (χ1n) is 6.91. The Morgan fingerprint density at radius 1 is 1.53 bits per heavy atom. The molecule has 2 rings (SSSR count). The summed E-state index contributed by atoms with van der Waals surface area (Å²) in [6.45, 7) is 7.98. The summed E-state index contributed by atoms with van der Waals surface area (Å²) in [5, 5.41) is 7.59. The Bertz CT molecular complexity index is 506. The predicted molar refractivity (Wildman–Crippen MR) is 81.5 cm³/mol. The van der Waals surface area contributed by atoms with Gasteiger partial charge >= 0.3 is 0 Å². The molecule has 1 aliphatic rings. The van der Waals surface area contributed by atoms with E-state index in [0.717, 1.165) is 12.2 Å². The fraction of sp³-hybridized carbons (Fsp3) is 0.714. The molecule has 0 unspecified atom stereocenters. The lowest BCUT2D eigenvalue weighted by Gasteiger charge is -2.38. The molecule has 1 heterocycles. The van der Waals surface area contributed by atoms with E-state index in [-0.39, 0.29) is 5.56 Å². The Labute approximate surface area is 122 Å². The van der Waals surface area contributed by atoms with Gasteiger partial charge in [0.15, 0.2) is 0 Å². The molecule has 0 atom stereocenters. The van der Waals surface area contributed by atoms with Crippen molar-refractivity contribution < 1.29 is 0 Å². The summed E-state index contributed by atoms with van der Waals surface area (Å²) in [4.78, 5) is 12.1. The molecule has 5 heteroatoms. The molecule has 0 spiro atoms. The van der Waals surface area contributed by atoms with Gasteiger partial charge in [0.25, 0.3) is 5.56 Å². The van der Waals surface area contributed by atoms with Crippen LogP contribution in [0.3, 0.4) is 0 Å². The van der Waals surface area contributed by atoms with Crippen molar-refractivity contribution >= 4 is 21.6 Å². The molecule has 4 nitrogen and oxygen atoms in total. The Hall–Kier alpha value is -0.840. The third-order valence-corrected chi connectivity index (χ3v) is 4.56. The highest BCUT2D eigenvalue weighted by atomic mass is 79.9. The van der Waals surface area contributed by atoms with Gasteiger partial charge in [-0.05, 0) is 40.1 Å². The minimum atomic E-state index is -0.0579. The van der Waals surface area contributed by atoms with E-state index in [0.29, 0.717) is 22.4 Å². The quantitative estimate of drug-likeness (QED) is 0.902. The Kier molecular flexibility index (Phi) is 4.33. The number of nitrogens with one attached hydrogen (secondary N) is 1. The molecule has 0 aliphatic heterocycles. The highest BCUT2D eigenvalue weighted by molar-refractivity contribution is 9.10. The zero-order chi connectivity index (χ0) is 14.0. The van der Waals surface area contributed by atoms with Crippen LogP contribution in [0.4, 0.5) is 5.69 Å². The highest BCUT2D eigenvalue weighted by Crippen LogP contribution is 2.40. The number of aromatic nitrogens is 2. The minimum Gasteiger partial charge on any atom is -0.382 e. The van der Waals surface area contributed by atoms with Crippen LogP contribution in [-0.4, -0.2) is 16.3 Å². The molecule has 106 valence electrons. The molecule has 0 bridgehead atoms. The second-order valence-corrected chi connectivity index (χ2v) is 7.06. The van der Waals surface area contributed by atoms with E-state index in [9.17, 15) is 4.79 Å². The zero-order valence-corrected chi connectivity index (χ0v) is 13.5. The van der Waals surface area contributed by atoms with E-state index in [2.05, 4.69) is 47.1 Å². The van der Waals surface area contributed by atoms with Crippen molar-refractivity contribution in [3.63, 3.8) is 0 Å². The molecular weight excluding hydrogens is 306 g/mol. The van der Waals surface area contributed by atoms with E-state index < -0.39 is 0 Å². The van der Waals surface area contributed by atoms with E-state index in [1.54, 1.807) is 6.20 Å². The molecule has 1 aromatic heterocycles. The number of hydrogen-bond acceptors (Lipinski definition) is 3. The van der Waals surface area contributed by atoms with Crippen LogP contribution in [0.2, 0.25) is 0 Å². The van der Waals surface area contributed by atoms with Gasteiger partial charge in [-0.25, -0.2) is 4.68 Å². The fourth-order valence-electron chi connectivity index (χ4n) is 2.33. The third kappa shape index (κ3) is 3.38. The van der Waals surface area contributed by atoms with E-state index in [1.165, 1.54) is 23.9 Å². The second kappa shape index (κ2) is 5.65. The molecular formula is C14H22BrN3O. The van der Waals surface area contributed by atoms with Crippen LogP contribution in [0.5, 0.6) is 0 Å². The van der Waals surface area contributed by atoms with Crippen molar-refractivity contribution in [1.29, 1.82) is 0 Å². The molecule has 0 aromatic carbocycles. The summed E-state index contributed by atoms with van der Waals surface area (Å²) >= 11 is 3.39. The van der Waals surface area contributed by atoms with Gasteiger partial charge in [-0.3, -0.25) is 4.79 Å². The lowest BCUT2D eigenvalue weighted by atomic mass is 9.70. The monoisotopic (exact) mass is 327 g/mol. The maximum Gasteiger partial charge on any atom is 0.283 e. The summed E-state index contributed by atoms with van der Waals surface area (Å²) in [5.74, 6) is 0.407. The van der Waals surface area contributed by atoms with Crippen LogP contribution in [0.25, 0.3) is 0 Å². The number of anilines is 1. The van der Waals surface area contributed by atoms with Crippen LogP contribution in [0.1, 0.15) is 40.0 Å². The van der Waals surface area contributed by atoms with Crippen molar-refractivity contribution in [1.82, 2.24) is 9.78 Å². The average molecular weight is 328 g/mol. The van der Waals surface area contributed by atoms with E-state index >= 15 is 0 Å². The molecule has 1 fully saturated rings. The fourth-order valence-corrected chi connectivity index (χ4v) is 2.78. The van der Waals surface area contributed by atoms with Crippen LogP contribution in [-0.2, 0) is 6.54 Å². The molecule has 1 saturated carbocycles. The van der Waals surface area contributed by atoms with Crippen molar-refractivity contribution in [3.8, 4) is 0 Å². The second-order valence-electron chi connectivity index (χ2n) is 6.27.